The highest BCUT2D eigenvalue weighted by Crippen LogP contribution is 2.24. The number of aryl methyl sites for hydroxylation is 3. The maximum atomic E-state index is 12.6. The maximum absolute atomic E-state index is 12.6. The van der Waals surface area contributed by atoms with E-state index in [4.69, 9.17) is 4.52 Å². The summed E-state index contributed by atoms with van der Waals surface area (Å²) >= 11 is 0. The first-order chi connectivity index (χ1) is 14.6. The van der Waals surface area contributed by atoms with E-state index in [2.05, 4.69) is 38.0 Å². The van der Waals surface area contributed by atoms with E-state index in [1.165, 1.54) is 13.8 Å². The van der Waals surface area contributed by atoms with E-state index in [-0.39, 0.29) is 16.3 Å². The Kier molecular flexibility index (Phi) is 7.03. The fourth-order valence-electron chi connectivity index (χ4n) is 3.75. The average Bonchev–Trinajstić information content (AvgIpc) is 3.08. The Hall–Kier alpha value is -2.43. The number of hydrogen-bond donors (Lipinski definition) is 2. The summed E-state index contributed by atoms with van der Waals surface area (Å²) < 4.78 is 32.6. The lowest BCUT2D eigenvalue weighted by Crippen LogP contribution is -2.46. The molecule has 0 saturated carbocycles. The molecule has 0 radical (unpaired) electrons. The van der Waals surface area contributed by atoms with Crippen LogP contribution in [0, 0.1) is 20.8 Å². The van der Waals surface area contributed by atoms with Gasteiger partial charge in [-0.1, -0.05) is 12.1 Å². The molecule has 0 aliphatic carbocycles. The lowest BCUT2D eigenvalue weighted by atomic mass is 10.1. The van der Waals surface area contributed by atoms with Gasteiger partial charge in [0.2, 0.25) is 15.9 Å². The van der Waals surface area contributed by atoms with Crippen LogP contribution < -0.4 is 14.9 Å². The smallest absolute Gasteiger partial charge is 0.246 e. The number of hydrogen-bond acceptors (Lipinski definition) is 7. The number of likely N-dealkylation sites (N-methyl/N-ethyl adjacent to an activating group) is 1. The van der Waals surface area contributed by atoms with Crippen LogP contribution in [0.3, 0.4) is 0 Å². The van der Waals surface area contributed by atoms with Gasteiger partial charge < -0.3 is 19.6 Å². The largest absolute Gasteiger partial charge is 0.369 e. The van der Waals surface area contributed by atoms with E-state index in [0.717, 1.165) is 44.0 Å². The summed E-state index contributed by atoms with van der Waals surface area (Å²) in [5, 5.41) is 6.49. The second-order valence-corrected chi connectivity index (χ2v) is 9.56. The number of aromatic nitrogens is 1. The van der Waals surface area contributed by atoms with Crippen molar-refractivity contribution in [3.63, 3.8) is 0 Å². The number of sulfonamides is 1. The van der Waals surface area contributed by atoms with Crippen LogP contribution in [-0.4, -0.2) is 63.1 Å². The molecule has 1 aliphatic rings. The zero-order valence-corrected chi connectivity index (χ0v) is 19.5. The Morgan fingerprint density at radius 1 is 1.19 bits per heavy atom. The lowest BCUT2D eigenvalue weighted by Gasteiger charge is -2.35. The maximum Gasteiger partial charge on any atom is 0.246 e. The second-order valence-electron chi connectivity index (χ2n) is 7.91. The topological polar surface area (TPSA) is 108 Å². The van der Waals surface area contributed by atoms with E-state index in [0.29, 0.717) is 5.69 Å². The van der Waals surface area contributed by atoms with Gasteiger partial charge in [-0.3, -0.25) is 4.79 Å². The number of anilines is 2. The van der Waals surface area contributed by atoms with Crippen molar-refractivity contribution < 1.29 is 17.7 Å². The number of piperazine rings is 1. The van der Waals surface area contributed by atoms with E-state index in [1.807, 2.05) is 19.1 Å². The molecule has 1 aliphatic heterocycles. The van der Waals surface area contributed by atoms with Gasteiger partial charge in [0.05, 0.1) is 6.04 Å². The summed E-state index contributed by atoms with van der Waals surface area (Å²) in [6, 6.07) is 4.93. The standard InChI is InChI=1S/C21H31N5O4S/c1-6-25-9-11-26(12-10-25)18-7-8-19(14(2)13-18)22-21(27)16(4)24-31(28,29)20-15(3)23-30-17(20)5/h7-8,13,16,24H,6,9-12H2,1-5H3,(H,22,27)/t16-/m0/s1. The van der Waals surface area contributed by atoms with Crippen molar-refractivity contribution in [1.82, 2.24) is 14.8 Å². The first-order valence-electron chi connectivity index (χ1n) is 10.5. The molecule has 1 saturated heterocycles. The first-order valence-corrected chi connectivity index (χ1v) is 11.9. The number of carbonyl (C=O) groups is 1. The predicted octanol–water partition coefficient (Wildman–Crippen LogP) is 2.05. The van der Waals surface area contributed by atoms with Gasteiger partial charge >= 0.3 is 0 Å². The monoisotopic (exact) mass is 449 g/mol. The van der Waals surface area contributed by atoms with Gasteiger partial charge in [-0.15, -0.1) is 0 Å². The Bertz CT molecular complexity index is 1020. The van der Waals surface area contributed by atoms with Crippen molar-refractivity contribution >= 4 is 27.3 Å². The minimum absolute atomic E-state index is 0.0316. The summed E-state index contributed by atoms with van der Waals surface area (Å²) in [5.74, 6) is -0.258. The Morgan fingerprint density at radius 2 is 1.87 bits per heavy atom. The van der Waals surface area contributed by atoms with Crippen LogP contribution in [0.5, 0.6) is 0 Å². The highest BCUT2D eigenvalue weighted by atomic mass is 32.2. The number of rotatable bonds is 7. The molecule has 1 aromatic heterocycles. The third-order valence-electron chi connectivity index (χ3n) is 5.61. The number of nitrogens with zero attached hydrogens (tertiary/aromatic N) is 3. The van der Waals surface area contributed by atoms with Gasteiger partial charge in [0.1, 0.15) is 10.6 Å². The molecule has 2 heterocycles. The Morgan fingerprint density at radius 3 is 2.42 bits per heavy atom. The van der Waals surface area contributed by atoms with Crippen molar-refractivity contribution in [2.45, 2.75) is 45.6 Å². The van der Waals surface area contributed by atoms with Crippen LogP contribution in [0.1, 0.15) is 30.9 Å². The summed E-state index contributed by atoms with van der Waals surface area (Å²) in [4.78, 5) is 17.4. The number of benzene rings is 1. The van der Waals surface area contributed by atoms with Crippen LogP contribution in [0.4, 0.5) is 11.4 Å². The molecule has 0 bridgehead atoms. The molecule has 1 amide bonds. The van der Waals surface area contributed by atoms with Crippen molar-refractivity contribution in [1.29, 1.82) is 0 Å². The summed E-state index contributed by atoms with van der Waals surface area (Å²) in [6.45, 7) is 13.8. The van der Waals surface area contributed by atoms with Gasteiger partial charge in [-0.25, -0.2) is 8.42 Å². The number of amides is 1. The second kappa shape index (κ2) is 9.37. The van der Waals surface area contributed by atoms with Crippen LogP contribution in [-0.2, 0) is 14.8 Å². The van der Waals surface area contributed by atoms with Crippen LogP contribution in [0.2, 0.25) is 0 Å². The third-order valence-corrected chi connectivity index (χ3v) is 7.40. The molecule has 1 atom stereocenters. The predicted molar refractivity (Wildman–Crippen MR) is 120 cm³/mol. The van der Waals surface area contributed by atoms with Crippen LogP contribution >= 0.6 is 0 Å². The molecule has 170 valence electrons. The van der Waals surface area contributed by atoms with Gasteiger partial charge in [-0.05, 0) is 58.0 Å². The zero-order valence-electron chi connectivity index (χ0n) is 18.7. The summed E-state index contributed by atoms with van der Waals surface area (Å²) in [7, 11) is -3.93. The third kappa shape index (κ3) is 5.25. The highest BCUT2D eigenvalue weighted by molar-refractivity contribution is 7.89. The minimum Gasteiger partial charge on any atom is -0.369 e. The number of nitrogens with one attached hydrogen (secondary N) is 2. The van der Waals surface area contributed by atoms with Crippen molar-refractivity contribution in [2.24, 2.45) is 0 Å². The van der Waals surface area contributed by atoms with Gasteiger partial charge in [0, 0.05) is 37.6 Å². The van der Waals surface area contributed by atoms with E-state index < -0.39 is 22.0 Å². The van der Waals surface area contributed by atoms with E-state index in [1.54, 1.807) is 6.92 Å². The fraction of sp³-hybridized carbons (Fsp3) is 0.524. The van der Waals surface area contributed by atoms with Gasteiger partial charge in [0.25, 0.3) is 0 Å². The Labute approximate surface area is 183 Å². The summed E-state index contributed by atoms with van der Waals surface area (Å²) in [6.07, 6.45) is 0. The van der Waals surface area contributed by atoms with Crippen LogP contribution in [0.15, 0.2) is 27.6 Å². The molecule has 2 N–H and O–H groups in total. The van der Waals surface area contributed by atoms with Crippen LogP contribution in [0.25, 0.3) is 0 Å². The zero-order chi connectivity index (χ0) is 22.8. The average molecular weight is 450 g/mol. The Balaban J connectivity index is 1.65. The molecular formula is C21H31N5O4S. The van der Waals surface area contributed by atoms with Gasteiger partial charge in [-0.2, -0.15) is 4.72 Å². The molecule has 0 unspecified atom stereocenters. The molecule has 0 spiro atoms. The minimum atomic E-state index is -3.93. The molecule has 9 nitrogen and oxygen atoms in total. The molecule has 3 rings (SSSR count). The molecule has 1 aromatic carbocycles. The van der Waals surface area contributed by atoms with E-state index in [9.17, 15) is 13.2 Å². The normalized spacial score (nSPS) is 16.4. The SMILES string of the molecule is CCN1CCN(c2ccc(NC(=O)[C@H](C)NS(=O)(=O)c3c(C)noc3C)c(C)c2)CC1. The quantitative estimate of drug-likeness (QED) is 0.666. The molecule has 1 fully saturated rings. The molecule has 31 heavy (non-hydrogen) atoms. The van der Waals surface area contributed by atoms with Gasteiger partial charge in [0.15, 0.2) is 5.76 Å². The lowest BCUT2D eigenvalue weighted by molar-refractivity contribution is -0.117. The fourth-order valence-corrected chi connectivity index (χ4v) is 5.28. The van der Waals surface area contributed by atoms with Crippen molar-refractivity contribution in [3.05, 3.63) is 35.2 Å². The van der Waals surface area contributed by atoms with Crippen molar-refractivity contribution in [3.8, 4) is 0 Å². The van der Waals surface area contributed by atoms with Crippen molar-refractivity contribution in [2.75, 3.05) is 42.9 Å². The summed E-state index contributed by atoms with van der Waals surface area (Å²) in [5.41, 5.74) is 2.95. The first kappa shape index (κ1) is 23.2. The molecule has 10 heteroatoms. The molecule has 2 aromatic rings. The van der Waals surface area contributed by atoms with E-state index >= 15 is 0 Å². The highest BCUT2D eigenvalue weighted by Gasteiger charge is 2.28. The molecular weight excluding hydrogens is 418 g/mol. The number of carbonyl (C=O) groups excluding carboxylic acids is 1.